The summed E-state index contributed by atoms with van der Waals surface area (Å²) in [5.74, 6) is -0.122. The third-order valence-electron chi connectivity index (χ3n) is 7.70. The summed E-state index contributed by atoms with van der Waals surface area (Å²) in [5, 5.41) is 15.1. The minimum Gasteiger partial charge on any atom is -0.469 e. The van der Waals surface area contributed by atoms with Gasteiger partial charge >= 0.3 is 12.1 Å². The van der Waals surface area contributed by atoms with Gasteiger partial charge in [-0.25, -0.2) is 4.79 Å². The smallest absolute Gasteiger partial charge is 0.469 e. The Labute approximate surface area is 232 Å². The van der Waals surface area contributed by atoms with Crippen molar-refractivity contribution in [3.8, 4) is 16.9 Å². The molecule has 2 unspecified atom stereocenters. The number of hydrogen-bond donors (Lipinski definition) is 0. The molecule has 0 radical (unpaired) electrons. The van der Waals surface area contributed by atoms with Crippen molar-refractivity contribution in [2.75, 3.05) is 13.7 Å². The predicted molar refractivity (Wildman–Crippen MR) is 145 cm³/mol. The van der Waals surface area contributed by atoms with Gasteiger partial charge in [0.2, 0.25) is 0 Å². The van der Waals surface area contributed by atoms with Crippen molar-refractivity contribution in [1.29, 1.82) is 0 Å². The Morgan fingerprint density at radius 2 is 1.82 bits per heavy atom. The summed E-state index contributed by atoms with van der Waals surface area (Å²) in [7, 11) is 3.15. The topological polar surface area (TPSA) is 132 Å². The Balaban J connectivity index is 1.40. The van der Waals surface area contributed by atoms with Crippen molar-refractivity contribution < 1.29 is 33.5 Å². The highest BCUT2D eigenvalue weighted by molar-refractivity contribution is 5.70. The number of carbonyl (C=O) groups excluding carboxylic acids is 2. The van der Waals surface area contributed by atoms with Crippen molar-refractivity contribution in [3.05, 3.63) is 76.1 Å². The quantitative estimate of drug-likeness (QED) is 0.146. The number of hydrogen-bond acceptors (Lipinski definition) is 9. The summed E-state index contributed by atoms with van der Waals surface area (Å²) in [5.41, 5.74) is 2.73. The average Bonchev–Trinajstić information content (AvgIpc) is 3.33. The van der Waals surface area contributed by atoms with E-state index >= 15 is 0 Å². The number of aryl methyl sites for hydroxylation is 1. The number of rotatable bonds is 9. The molecule has 2 heterocycles. The summed E-state index contributed by atoms with van der Waals surface area (Å²) >= 11 is 0. The minimum absolute atomic E-state index is 0.0791. The van der Waals surface area contributed by atoms with Crippen LogP contribution in [0.25, 0.3) is 11.1 Å². The van der Waals surface area contributed by atoms with Gasteiger partial charge in [0.1, 0.15) is 12.4 Å². The van der Waals surface area contributed by atoms with Gasteiger partial charge in [0.15, 0.2) is 0 Å². The minimum atomic E-state index is -0.933. The molecule has 1 aliphatic heterocycles. The molecule has 0 amide bonds. The first kappa shape index (κ1) is 28.8. The third kappa shape index (κ3) is 6.31. The van der Waals surface area contributed by atoms with E-state index in [0.717, 1.165) is 36.0 Å². The lowest BCUT2D eigenvalue weighted by Gasteiger charge is -2.44. The number of nitrogens with zero attached hydrogens (tertiary/aromatic N) is 3. The summed E-state index contributed by atoms with van der Waals surface area (Å²) in [4.78, 5) is 34.4. The number of nitro groups is 1. The van der Waals surface area contributed by atoms with Gasteiger partial charge in [-0.2, -0.15) is 5.10 Å². The molecule has 0 bridgehead atoms. The van der Waals surface area contributed by atoms with Crippen LogP contribution in [0.1, 0.15) is 50.8 Å². The van der Waals surface area contributed by atoms with Gasteiger partial charge in [0, 0.05) is 30.2 Å². The highest BCUT2D eigenvalue weighted by Crippen LogP contribution is 2.42. The van der Waals surface area contributed by atoms with Crippen LogP contribution in [0.2, 0.25) is 0 Å². The van der Waals surface area contributed by atoms with Gasteiger partial charge in [0.25, 0.3) is 5.69 Å². The maximum Gasteiger partial charge on any atom is 0.514 e. The Hall–Kier alpha value is -4.25. The van der Waals surface area contributed by atoms with Crippen LogP contribution in [0.3, 0.4) is 0 Å². The van der Waals surface area contributed by atoms with E-state index in [-0.39, 0.29) is 35.8 Å². The highest BCUT2D eigenvalue weighted by Gasteiger charge is 2.42. The normalized spacial score (nSPS) is 20.5. The lowest BCUT2D eigenvalue weighted by atomic mass is 9.72. The van der Waals surface area contributed by atoms with Gasteiger partial charge in [-0.15, -0.1) is 0 Å². The number of esters is 1. The van der Waals surface area contributed by atoms with E-state index in [0.29, 0.717) is 12.3 Å². The molecule has 1 saturated heterocycles. The largest absolute Gasteiger partial charge is 0.514 e. The number of nitro benzene ring substituents is 1. The van der Waals surface area contributed by atoms with Crippen LogP contribution in [0, 0.1) is 10.1 Å². The molecule has 0 spiro atoms. The van der Waals surface area contributed by atoms with Crippen molar-refractivity contribution in [1.82, 2.24) is 9.78 Å². The molecule has 0 N–H and O–H groups in total. The maximum atomic E-state index is 12.2. The molecule has 0 aliphatic carbocycles. The second-order valence-corrected chi connectivity index (χ2v) is 10.2. The fourth-order valence-corrected chi connectivity index (χ4v) is 4.88. The van der Waals surface area contributed by atoms with Crippen molar-refractivity contribution >= 4 is 17.8 Å². The van der Waals surface area contributed by atoms with Crippen LogP contribution in [0.4, 0.5) is 10.5 Å². The van der Waals surface area contributed by atoms with E-state index in [4.69, 9.17) is 18.9 Å². The zero-order valence-electron chi connectivity index (χ0n) is 23.0. The number of ether oxygens (including phenoxy) is 4. The average molecular weight is 552 g/mol. The third-order valence-corrected chi connectivity index (χ3v) is 7.70. The number of benzene rings is 2. The van der Waals surface area contributed by atoms with Crippen molar-refractivity contribution in [2.45, 2.75) is 57.2 Å². The second kappa shape index (κ2) is 11.9. The SMILES string of the molecule is CCC1(CC(=O)OC)CCC(C)(c2ccc(-c3cnn(C)c3COC(=O)Oc3ccc([N+](=O)[O-])cc3)cc2)CO1. The molecule has 11 nitrogen and oxygen atoms in total. The molecule has 2 aromatic carbocycles. The molecule has 0 saturated carbocycles. The van der Waals surface area contributed by atoms with E-state index in [1.54, 1.807) is 17.9 Å². The van der Waals surface area contributed by atoms with E-state index in [1.807, 2.05) is 19.1 Å². The summed E-state index contributed by atoms with van der Waals surface area (Å²) < 4.78 is 23.2. The highest BCUT2D eigenvalue weighted by atomic mass is 16.7. The van der Waals surface area contributed by atoms with Crippen LogP contribution in [0.5, 0.6) is 5.75 Å². The zero-order chi connectivity index (χ0) is 28.9. The fraction of sp³-hybridized carbons (Fsp3) is 0.414. The fourth-order valence-electron chi connectivity index (χ4n) is 4.88. The Kier molecular flexibility index (Phi) is 8.53. The Morgan fingerprint density at radius 3 is 2.40 bits per heavy atom. The van der Waals surface area contributed by atoms with Gasteiger partial charge in [-0.3, -0.25) is 19.6 Å². The molecular formula is C29H33N3O8. The summed E-state index contributed by atoms with van der Waals surface area (Å²) in [6.07, 6.45) is 3.41. The molecule has 2 atom stereocenters. The van der Waals surface area contributed by atoms with Gasteiger partial charge < -0.3 is 18.9 Å². The van der Waals surface area contributed by atoms with Crippen LogP contribution in [-0.4, -0.2) is 46.1 Å². The summed E-state index contributed by atoms with van der Waals surface area (Å²) in [6, 6.07) is 13.3. The lowest BCUT2D eigenvalue weighted by Crippen LogP contribution is -2.46. The van der Waals surface area contributed by atoms with Crippen molar-refractivity contribution in [2.24, 2.45) is 7.05 Å². The van der Waals surface area contributed by atoms with Gasteiger partial charge in [0.05, 0.1) is 42.6 Å². The molecular weight excluding hydrogens is 518 g/mol. The van der Waals surface area contributed by atoms with Crippen LogP contribution >= 0.6 is 0 Å². The summed E-state index contributed by atoms with van der Waals surface area (Å²) in [6.45, 7) is 4.62. The number of non-ortho nitro benzene ring substituents is 1. The number of carbonyl (C=O) groups is 2. The van der Waals surface area contributed by atoms with E-state index in [1.165, 1.54) is 31.4 Å². The molecule has 1 aromatic heterocycles. The van der Waals surface area contributed by atoms with Crippen molar-refractivity contribution in [3.63, 3.8) is 0 Å². The van der Waals surface area contributed by atoms with E-state index in [2.05, 4.69) is 24.2 Å². The first-order chi connectivity index (χ1) is 19.1. The molecule has 1 aliphatic rings. The number of aromatic nitrogens is 2. The van der Waals surface area contributed by atoms with Crippen LogP contribution < -0.4 is 4.74 Å². The monoisotopic (exact) mass is 551 g/mol. The molecule has 1 fully saturated rings. The van der Waals surface area contributed by atoms with E-state index < -0.39 is 16.7 Å². The first-order valence-corrected chi connectivity index (χ1v) is 13.0. The Morgan fingerprint density at radius 1 is 1.12 bits per heavy atom. The molecule has 212 valence electrons. The lowest BCUT2D eigenvalue weighted by molar-refractivity contribution is -0.384. The maximum absolute atomic E-state index is 12.2. The molecule has 40 heavy (non-hydrogen) atoms. The predicted octanol–water partition coefficient (Wildman–Crippen LogP) is 5.49. The van der Waals surface area contributed by atoms with E-state index in [9.17, 15) is 19.7 Å². The number of methoxy groups -OCH3 is 1. The molecule has 3 aromatic rings. The first-order valence-electron chi connectivity index (χ1n) is 13.0. The van der Waals surface area contributed by atoms with Crippen LogP contribution in [0.15, 0.2) is 54.7 Å². The zero-order valence-corrected chi connectivity index (χ0v) is 23.0. The Bertz CT molecular complexity index is 1360. The van der Waals surface area contributed by atoms with Gasteiger partial charge in [-0.1, -0.05) is 38.1 Å². The standard InChI is InChI=1S/C29H33N3O8/c1-5-29(16-26(33)37-4)15-14-28(2,19-39-29)21-8-6-20(7-9-21)24-17-30-31(3)25(24)18-38-27(34)40-23-12-10-22(11-13-23)32(35)36/h6-13,17H,5,14-16,18-19H2,1-4H3. The molecule has 11 heteroatoms. The second-order valence-electron chi connectivity index (χ2n) is 10.2. The molecule has 4 rings (SSSR count). The van der Waals surface area contributed by atoms with Gasteiger partial charge in [-0.05, 0) is 42.5 Å². The van der Waals surface area contributed by atoms with Crippen LogP contribution in [-0.2, 0) is 38.1 Å².